The van der Waals surface area contributed by atoms with Crippen molar-refractivity contribution in [3.63, 3.8) is 0 Å². The summed E-state index contributed by atoms with van der Waals surface area (Å²) in [5.74, 6) is 0. The second kappa shape index (κ2) is 7.06. The van der Waals surface area contributed by atoms with Crippen LogP contribution in [0.15, 0.2) is 30.3 Å². The van der Waals surface area contributed by atoms with Crippen LogP contribution in [0.3, 0.4) is 0 Å². The second-order valence-electron chi connectivity index (χ2n) is 5.13. The second-order valence-corrected chi connectivity index (χ2v) is 6.73. The highest BCUT2D eigenvalue weighted by Crippen LogP contribution is 2.19. The lowest BCUT2D eigenvalue weighted by molar-refractivity contribution is 0.0180. The van der Waals surface area contributed by atoms with Gasteiger partial charge in [-0.05, 0) is 12.0 Å². The van der Waals surface area contributed by atoms with Gasteiger partial charge in [0.1, 0.15) is 18.9 Å². The molecule has 1 fully saturated rings. The van der Waals surface area contributed by atoms with Gasteiger partial charge in [0.25, 0.3) is 10.1 Å². The van der Waals surface area contributed by atoms with Crippen molar-refractivity contribution >= 4 is 16.2 Å². The molecule has 8 heteroatoms. The lowest BCUT2D eigenvalue weighted by Crippen LogP contribution is -2.48. The SMILES string of the molecule is CS(=O)(=O)O[C@@H]1CCN(C(=O)OCc2ccccc2)C[C@H]1F. The van der Waals surface area contributed by atoms with Crippen molar-refractivity contribution in [1.82, 2.24) is 4.90 Å². The highest BCUT2D eigenvalue weighted by molar-refractivity contribution is 7.86. The molecular formula is C14H18FNO5S. The fraction of sp³-hybridized carbons (Fsp3) is 0.500. The lowest BCUT2D eigenvalue weighted by atomic mass is 10.1. The number of rotatable bonds is 4. The predicted octanol–water partition coefficient (Wildman–Crippen LogP) is 1.71. The van der Waals surface area contributed by atoms with Crippen LogP contribution in [0.4, 0.5) is 9.18 Å². The first-order chi connectivity index (χ1) is 10.3. The molecule has 0 saturated carbocycles. The van der Waals surface area contributed by atoms with E-state index in [4.69, 9.17) is 4.74 Å². The van der Waals surface area contributed by atoms with E-state index in [0.717, 1.165) is 11.8 Å². The van der Waals surface area contributed by atoms with E-state index in [-0.39, 0.29) is 26.1 Å². The van der Waals surface area contributed by atoms with Crippen LogP contribution >= 0.6 is 0 Å². The Hall–Kier alpha value is -1.67. The van der Waals surface area contributed by atoms with Crippen molar-refractivity contribution in [2.24, 2.45) is 0 Å². The fourth-order valence-corrected chi connectivity index (χ4v) is 2.86. The van der Waals surface area contributed by atoms with Gasteiger partial charge in [0.15, 0.2) is 0 Å². The Labute approximate surface area is 128 Å². The van der Waals surface area contributed by atoms with Gasteiger partial charge in [-0.3, -0.25) is 4.18 Å². The van der Waals surface area contributed by atoms with E-state index in [9.17, 15) is 17.6 Å². The Morgan fingerprint density at radius 1 is 1.36 bits per heavy atom. The maximum Gasteiger partial charge on any atom is 0.410 e. The Morgan fingerprint density at radius 2 is 2.05 bits per heavy atom. The minimum atomic E-state index is -3.72. The van der Waals surface area contributed by atoms with Gasteiger partial charge in [-0.1, -0.05) is 30.3 Å². The highest BCUT2D eigenvalue weighted by Gasteiger charge is 2.34. The van der Waals surface area contributed by atoms with Gasteiger partial charge in [0, 0.05) is 6.54 Å². The minimum absolute atomic E-state index is 0.106. The van der Waals surface area contributed by atoms with Crippen molar-refractivity contribution in [2.75, 3.05) is 19.3 Å². The average Bonchev–Trinajstić information content (AvgIpc) is 2.46. The summed E-state index contributed by atoms with van der Waals surface area (Å²) in [5, 5.41) is 0. The molecule has 1 aromatic rings. The normalized spacial score (nSPS) is 22.4. The maximum atomic E-state index is 13.9. The number of alkyl halides is 1. The molecule has 0 aromatic heterocycles. The van der Waals surface area contributed by atoms with Crippen LogP contribution in [0.5, 0.6) is 0 Å². The molecule has 0 unspecified atom stereocenters. The lowest BCUT2D eigenvalue weighted by Gasteiger charge is -2.33. The number of hydrogen-bond acceptors (Lipinski definition) is 5. The molecule has 0 N–H and O–H groups in total. The number of carbonyl (C=O) groups is 1. The zero-order valence-electron chi connectivity index (χ0n) is 12.1. The van der Waals surface area contributed by atoms with E-state index in [1.165, 1.54) is 4.90 Å². The Kier molecular flexibility index (Phi) is 5.36. The number of hydrogen-bond donors (Lipinski definition) is 0. The first-order valence-corrected chi connectivity index (χ1v) is 8.65. The van der Waals surface area contributed by atoms with Crippen LogP contribution in [0.25, 0.3) is 0 Å². The van der Waals surface area contributed by atoms with Crippen molar-refractivity contribution in [2.45, 2.75) is 25.3 Å². The molecule has 1 aromatic carbocycles. The number of piperidine rings is 1. The van der Waals surface area contributed by atoms with Crippen LogP contribution in [-0.2, 0) is 25.6 Å². The summed E-state index contributed by atoms with van der Waals surface area (Å²) in [5.41, 5.74) is 0.836. The van der Waals surface area contributed by atoms with E-state index in [2.05, 4.69) is 4.18 Å². The Morgan fingerprint density at radius 3 is 2.64 bits per heavy atom. The number of nitrogens with zero attached hydrogens (tertiary/aromatic N) is 1. The largest absolute Gasteiger partial charge is 0.445 e. The molecule has 0 bridgehead atoms. The highest BCUT2D eigenvalue weighted by atomic mass is 32.2. The first-order valence-electron chi connectivity index (χ1n) is 6.83. The van der Waals surface area contributed by atoms with Gasteiger partial charge in [-0.15, -0.1) is 0 Å². The number of ether oxygens (including phenoxy) is 1. The Balaban J connectivity index is 1.83. The molecule has 1 amide bonds. The molecule has 2 atom stereocenters. The topological polar surface area (TPSA) is 72.9 Å². The van der Waals surface area contributed by atoms with Gasteiger partial charge in [-0.25, -0.2) is 9.18 Å². The van der Waals surface area contributed by atoms with E-state index in [1.54, 1.807) is 0 Å². The van der Waals surface area contributed by atoms with Gasteiger partial charge >= 0.3 is 6.09 Å². The molecule has 122 valence electrons. The summed E-state index contributed by atoms with van der Waals surface area (Å²) in [6.07, 6.45) is -2.25. The van der Waals surface area contributed by atoms with E-state index in [0.29, 0.717) is 0 Å². The van der Waals surface area contributed by atoms with E-state index < -0.39 is 28.5 Å². The zero-order valence-corrected chi connectivity index (χ0v) is 13.0. The van der Waals surface area contributed by atoms with Crippen LogP contribution in [0.2, 0.25) is 0 Å². The van der Waals surface area contributed by atoms with Gasteiger partial charge < -0.3 is 9.64 Å². The summed E-state index contributed by atoms with van der Waals surface area (Å²) in [6.45, 7) is 0.0540. The van der Waals surface area contributed by atoms with Crippen molar-refractivity contribution < 1.29 is 26.5 Å². The summed E-state index contributed by atoms with van der Waals surface area (Å²) in [7, 11) is -3.72. The quantitative estimate of drug-likeness (QED) is 0.786. The molecule has 22 heavy (non-hydrogen) atoms. The smallest absolute Gasteiger partial charge is 0.410 e. The summed E-state index contributed by atoms with van der Waals surface area (Å²) >= 11 is 0. The van der Waals surface area contributed by atoms with Crippen LogP contribution in [0.1, 0.15) is 12.0 Å². The zero-order chi connectivity index (χ0) is 16.2. The van der Waals surface area contributed by atoms with E-state index in [1.807, 2.05) is 30.3 Å². The molecule has 1 heterocycles. The van der Waals surface area contributed by atoms with Crippen molar-refractivity contribution in [3.05, 3.63) is 35.9 Å². The number of benzene rings is 1. The molecule has 0 spiro atoms. The van der Waals surface area contributed by atoms with Crippen LogP contribution in [0, 0.1) is 0 Å². The standard InChI is InChI=1S/C14H18FNO5S/c1-22(18,19)21-13-7-8-16(9-12(13)15)14(17)20-10-11-5-3-2-4-6-11/h2-6,12-13H,7-10H2,1H3/t12-,13-/m1/s1. The number of likely N-dealkylation sites (tertiary alicyclic amines) is 1. The molecule has 1 aliphatic heterocycles. The third-order valence-electron chi connectivity index (χ3n) is 3.24. The van der Waals surface area contributed by atoms with Crippen molar-refractivity contribution in [1.29, 1.82) is 0 Å². The molecule has 0 aliphatic carbocycles. The summed E-state index contributed by atoms with van der Waals surface area (Å²) in [6, 6.07) is 9.14. The van der Waals surface area contributed by atoms with Gasteiger partial charge in [-0.2, -0.15) is 8.42 Å². The average molecular weight is 331 g/mol. The number of carbonyl (C=O) groups excluding carboxylic acids is 1. The third-order valence-corrected chi connectivity index (χ3v) is 3.84. The molecular weight excluding hydrogens is 313 g/mol. The minimum Gasteiger partial charge on any atom is -0.445 e. The number of amides is 1. The van der Waals surface area contributed by atoms with Crippen LogP contribution < -0.4 is 0 Å². The predicted molar refractivity (Wildman–Crippen MR) is 77.4 cm³/mol. The van der Waals surface area contributed by atoms with Gasteiger partial charge in [0.2, 0.25) is 0 Å². The molecule has 1 saturated heterocycles. The van der Waals surface area contributed by atoms with Crippen LogP contribution in [-0.4, -0.2) is 51.0 Å². The molecule has 2 rings (SSSR count). The van der Waals surface area contributed by atoms with Crippen molar-refractivity contribution in [3.8, 4) is 0 Å². The first kappa shape index (κ1) is 16.7. The monoisotopic (exact) mass is 331 g/mol. The molecule has 6 nitrogen and oxygen atoms in total. The molecule has 1 aliphatic rings. The van der Waals surface area contributed by atoms with Gasteiger partial charge in [0.05, 0.1) is 12.8 Å². The summed E-state index contributed by atoms with van der Waals surface area (Å²) < 4.78 is 45.7. The maximum absolute atomic E-state index is 13.9. The van der Waals surface area contributed by atoms with E-state index >= 15 is 0 Å². The fourth-order valence-electron chi connectivity index (χ4n) is 2.19. The Bertz CT molecular complexity index is 607. The molecule has 0 radical (unpaired) electrons. The summed E-state index contributed by atoms with van der Waals surface area (Å²) in [4.78, 5) is 13.1. The number of halogens is 1. The third kappa shape index (κ3) is 4.96.